The maximum Gasteiger partial charge on any atom is 0.264 e. The zero-order chi connectivity index (χ0) is 19.4. The Hall–Kier alpha value is -2.67. The number of hydrogen-bond acceptors (Lipinski definition) is 4. The Morgan fingerprint density at radius 1 is 1.15 bits per heavy atom. The Bertz CT molecular complexity index is 1010. The summed E-state index contributed by atoms with van der Waals surface area (Å²) in [5, 5.41) is 4.22. The predicted molar refractivity (Wildman–Crippen MR) is 106 cm³/mol. The van der Waals surface area contributed by atoms with Gasteiger partial charge in [0, 0.05) is 0 Å². The van der Waals surface area contributed by atoms with E-state index >= 15 is 0 Å². The van der Waals surface area contributed by atoms with Crippen LogP contribution in [0, 0.1) is 6.92 Å². The molecule has 0 aliphatic carbocycles. The maximum absolute atomic E-state index is 12.6. The Balaban J connectivity index is 1.72. The van der Waals surface area contributed by atoms with Crippen LogP contribution in [0.25, 0.3) is 0 Å². The second-order valence-corrected chi connectivity index (χ2v) is 8.42. The van der Waals surface area contributed by atoms with Crippen molar-refractivity contribution in [2.45, 2.75) is 44.6 Å². The molecule has 1 unspecified atom stereocenters. The van der Waals surface area contributed by atoms with Crippen LogP contribution in [0.15, 0.2) is 59.8 Å². The summed E-state index contributed by atoms with van der Waals surface area (Å²) in [6, 6.07) is 15.0. The standard InChI is InChI=1S/C20H24N4O2S/c1-4-16(3)18-8-10-19(11-9-18)27(25,26)23-20-21-14-24(22-20)13-17-7-5-6-15(2)12-17/h5-12,14,16H,4,13H2,1-3H3,(H,22,23). The molecule has 7 heteroatoms. The van der Waals surface area contributed by atoms with Crippen molar-refractivity contribution in [1.82, 2.24) is 14.8 Å². The molecule has 6 nitrogen and oxygen atoms in total. The van der Waals surface area contributed by atoms with Gasteiger partial charge in [-0.25, -0.2) is 17.8 Å². The highest BCUT2D eigenvalue weighted by molar-refractivity contribution is 7.92. The predicted octanol–water partition coefficient (Wildman–Crippen LogP) is 3.95. The molecule has 27 heavy (non-hydrogen) atoms. The van der Waals surface area contributed by atoms with Gasteiger partial charge in [0.05, 0.1) is 11.4 Å². The van der Waals surface area contributed by atoms with Crippen LogP contribution in [-0.2, 0) is 16.6 Å². The zero-order valence-electron chi connectivity index (χ0n) is 15.8. The molecule has 0 aliphatic rings. The van der Waals surface area contributed by atoms with Crippen molar-refractivity contribution in [3.63, 3.8) is 0 Å². The number of nitrogens with one attached hydrogen (secondary N) is 1. The minimum atomic E-state index is -3.72. The van der Waals surface area contributed by atoms with Crippen LogP contribution in [0.3, 0.4) is 0 Å². The summed E-state index contributed by atoms with van der Waals surface area (Å²) in [6.07, 6.45) is 2.53. The van der Waals surface area contributed by atoms with E-state index in [2.05, 4.69) is 34.7 Å². The Labute approximate surface area is 160 Å². The Morgan fingerprint density at radius 2 is 1.89 bits per heavy atom. The lowest BCUT2D eigenvalue weighted by Crippen LogP contribution is -2.14. The third-order valence-electron chi connectivity index (χ3n) is 4.56. The first-order valence-corrected chi connectivity index (χ1v) is 10.4. The molecule has 3 rings (SSSR count). The quantitative estimate of drug-likeness (QED) is 0.669. The molecule has 0 spiro atoms. The van der Waals surface area contributed by atoms with Gasteiger partial charge < -0.3 is 0 Å². The van der Waals surface area contributed by atoms with Crippen LogP contribution < -0.4 is 4.72 Å². The molecule has 142 valence electrons. The minimum absolute atomic E-state index is 0.0636. The van der Waals surface area contributed by atoms with Gasteiger partial charge in [-0.2, -0.15) is 4.98 Å². The normalized spacial score (nSPS) is 12.7. The van der Waals surface area contributed by atoms with E-state index in [1.807, 2.05) is 37.3 Å². The summed E-state index contributed by atoms with van der Waals surface area (Å²) in [6.45, 7) is 6.78. The van der Waals surface area contributed by atoms with Crippen molar-refractivity contribution in [2.24, 2.45) is 0 Å². The highest BCUT2D eigenvalue weighted by atomic mass is 32.2. The van der Waals surface area contributed by atoms with E-state index in [0.717, 1.165) is 23.1 Å². The van der Waals surface area contributed by atoms with Gasteiger partial charge in [0.1, 0.15) is 6.33 Å². The van der Waals surface area contributed by atoms with Crippen LogP contribution in [0.1, 0.15) is 42.9 Å². The Kier molecular flexibility index (Phi) is 5.60. The van der Waals surface area contributed by atoms with E-state index in [1.54, 1.807) is 16.8 Å². The summed E-state index contributed by atoms with van der Waals surface area (Å²) >= 11 is 0. The summed E-state index contributed by atoms with van der Waals surface area (Å²) in [5.74, 6) is 0.461. The molecule has 2 aromatic carbocycles. The molecule has 0 amide bonds. The Morgan fingerprint density at radius 3 is 2.56 bits per heavy atom. The number of aromatic nitrogens is 3. The van der Waals surface area contributed by atoms with Crippen LogP contribution in [0.4, 0.5) is 5.95 Å². The van der Waals surface area contributed by atoms with Gasteiger partial charge >= 0.3 is 0 Å². The number of anilines is 1. The lowest BCUT2D eigenvalue weighted by molar-refractivity contribution is 0.600. The van der Waals surface area contributed by atoms with Gasteiger partial charge in [-0.3, -0.25) is 0 Å². The molecule has 0 saturated heterocycles. The molecular weight excluding hydrogens is 360 g/mol. The third kappa shape index (κ3) is 4.74. The maximum atomic E-state index is 12.6. The SMILES string of the molecule is CCC(C)c1ccc(S(=O)(=O)Nc2ncn(Cc3cccc(C)c3)n2)cc1. The molecule has 1 atom stereocenters. The molecule has 3 aromatic rings. The van der Waals surface area contributed by atoms with E-state index in [4.69, 9.17) is 0 Å². The second-order valence-electron chi connectivity index (χ2n) is 6.74. The van der Waals surface area contributed by atoms with Crippen LogP contribution in [0.5, 0.6) is 0 Å². The van der Waals surface area contributed by atoms with Gasteiger partial charge in [-0.1, -0.05) is 55.8 Å². The van der Waals surface area contributed by atoms with Gasteiger partial charge in [-0.15, -0.1) is 5.10 Å². The molecule has 0 aliphatic heterocycles. The number of benzene rings is 2. The largest absolute Gasteiger partial charge is 0.264 e. The van der Waals surface area contributed by atoms with E-state index in [1.165, 1.54) is 6.33 Å². The average molecular weight is 385 g/mol. The van der Waals surface area contributed by atoms with E-state index in [9.17, 15) is 8.42 Å². The van der Waals surface area contributed by atoms with Crippen molar-refractivity contribution < 1.29 is 8.42 Å². The van der Waals surface area contributed by atoms with Crippen LogP contribution >= 0.6 is 0 Å². The number of aryl methyl sites for hydroxylation is 1. The number of rotatable bonds is 7. The lowest BCUT2D eigenvalue weighted by Gasteiger charge is -2.10. The molecule has 0 radical (unpaired) electrons. The molecule has 1 aromatic heterocycles. The van der Waals surface area contributed by atoms with Gasteiger partial charge in [0.15, 0.2) is 0 Å². The third-order valence-corrected chi connectivity index (χ3v) is 5.91. The first kappa shape index (κ1) is 19.1. The van der Waals surface area contributed by atoms with Gasteiger partial charge in [-0.05, 0) is 42.5 Å². The zero-order valence-corrected chi connectivity index (χ0v) is 16.6. The van der Waals surface area contributed by atoms with E-state index in [0.29, 0.717) is 12.5 Å². The van der Waals surface area contributed by atoms with Gasteiger partial charge in [0.2, 0.25) is 0 Å². The van der Waals surface area contributed by atoms with Crippen molar-refractivity contribution >= 4 is 16.0 Å². The first-order chi connectivity index (χ1) is 12.9. The number of sulfonamides is 1. The van der Waals surface area contributed by atoms with Crippen molar-refractivity contribution in [1.29, 1.82) is 0 Å². The fourth-order valence-corrected chi connectivity index (χ4v) is 3.75. The van der Waals surface area contributed by atoms with E-state index in [-0.39, 0.29) is 10.8 Å². The molecular formula is C20H24N4O2S. The molecule has 0 fully saturated rings. The first-order valence-electron chi connectivity index (χ1n) is 8.95. The molecule has 0 saturated carbocycles. The molecule has 0 bridgehead atoms. The second kappa shape index (κ2) is 7.92. The van der Waals surface area contributed by atoms with Crippen LogP contribution in [0.2, 0.25) is 0 Å². The van der Waals surface area contributed by atoms with Crippen molar-refractivity contribution in [3.05, 3.63) is 71.5 Å². The number of nitrogens with zero attached hydrogens (tertiary/aromatic N) is 3. The monoisotopic (exact) mass is 384 g/mol. The fourth-order valence-electron chi connectivity index (χ4n) is 2.81. The lowest BCUT2D eigenvalue weighted by atomic mass is 9.99. The highest BCUT2D eigenvalue weighted by Gasteiger charge is 2.17. The summed E-state index contributed by atoms with van der Waals surface area (Å²) in [5.41, 5.74) is 3.36. The topological polar surface area (TPSA) is 76.9 Å². The fraction of sp³-hybridized carbons (Fsp3) is 0.300. The minimum Gasteiger partial charge on any atom is -0.246 e. The summed E-state index contributed by atoms with van der Waals surface area (Å²) in [4.78, 5) is 4.26. The van der Waals surface area contributed by atoms with Crippen molar-refractivity contribution in [2.75, 3.05) is 4.72 Å². The summed E-state index contributed by atoms with van der Waals surface area (Å²) in [7, 11) is -3.72. The average Bonchev–Trinajstić information content (AvgIpc) is 3.07. The van der Waals surface area contributed by atoms with Crippen molar-refractivity contribution in [3.8, 4) is 0 Å². The molecule has 1 N–H and O–H groups in total. The molecule has 1 heterocycles. The van der Waals surface area contributed by atoms with Gasteiger partial charge in [0.25, 0.3) is 16.0 Å². The van der Waals surface area contributed by atoms with E-state index < -0.39 is 10.0 Å². The van der Waals surface area contributed by atoms with Crippen LogP contribution in [-0.4, -0.2) is 23.2 Å². The smallest absolute Gasteiger partial charge is 0.246 e. The summed E-state index contributed by atoms with van der Waals surface area (Å²) < 4.78 is 29.2. The highest BCUT2D eigenvalue weighted by Crippen LogP contribution is 2.21. The number of hydrogen-bond donors (Lipinski definition) is 1.